The van der Waals surface area contributed by atoms with Crippen LogP contribution in [0, 0.1) is 5.82 Å². The lowest BCUT2D eigenvalue weighted by molar-refractivity contribution is 0.106. The number of nitrogens with two attached hydrogens (primary N) is 1. The van der Waals surface area contributed by atoms with Gasteiger partial charge in [-0.25, -0.2) is 4.39 Å². The van der Waals surface area contributed by atoms with Crippen molar-refractivity contribution < 1.29 is 13.9 Å². The third-order valence-electron chi connectivity index (χ3n) is 3.02. The van der Waals surface area contributed by atoms with E-state index in [1.54, 1.807) is 18.4 Å². The van der Waals surface area contributed by atoms with Crippen LogP contribution in [-0.4, -0.2) is 29.2 Å². The molecule has 0 aliphatic rings. The number of hydrogen-bond acceptors (Lipinski definition) is 4. The Kier molecular flexibility index (Phi) is 5.29. The highest BCUT2D eigenvalue weighted by molar-refractivity contribution is 5.16. The summed E-state index contributed by atoms with van der Waals surface area (Å²) in [6.07, 6.45) is 1.02. The molecule has 0 bridgehead atoms. The molecule has 0 saturated carbocycles. The molecule has 0 aliphatic carbocycles. The lowest BCUT2D eigenvalue weighted by atomic mass is 10.2. The van der Waals surface area contributed by atoms with E-state index in [4.69, 9.17) is 10.2 Å². The summed E-state index contributed by atoms with van der Waals surface area (Å²) in [5.74, 6) is 0.560. The van der Waals surface area contributed by atoms with Crippen LogP contribution in [0.3, 0.4) is 0 Å². The van der Waals surface area contributed by atoms with Crippen molar-refractivity contribution in [2.75, 3.05) is 13.1 Å². The molecule has 2 aromatic rings. The molecule has 20 heavy (non-hydrogen) atoms. The highest BCUT2D eigenvalue weighted by Crippen LogP contribution is 2.12. The van der Waals surface area contributed by atoms with Crippen LogP contribution >= 0.6 is 0 Å². The first-order valence-corrected chi connectivity index (χ1v) is 6.54. The van der Waals surface area contributed by atoms with Crippen LogP contribution < -0.4 is 5.73 Å². The molecule has 0 amide bonds. The molecule has 0 fully saturated rings. The van der Waals surface area contributed by atoms with Crippen molar-refractivity contribution in [3.05, 3.63) is 59.8 Å². The molecule has 0 saturated heterocycles. The Morgan fingerprint density at radius 1 is 1.20 bits per heavy atom. The van der Waals surface area contributed by atoms with Crippen molar-refractivity contribution in [3.63, 3.8) is 0 Å². The van der Waals surface area contributed by atoms with Gasteiger partial charge >= 0.3 is 0 Å². The highest BCUT2D eigenvalue weighted by atomic mass is 19.1. The second-order valence-electron chi connectivity index (χ2n) is 4.76. The fourth-order valence-corrected chi connectivity index (χ4v) is 2.03. The van der Waals surface area contributed by atoms with Gasteiger partial charge in [-0.3, -0.25) is 4.90 Å². The number of hydrogen-bond donors (Lipinski definition) is 2. The van der Waals surface area contributed by atoms with Gasteiger partial charge in [0.1, 0.15) is 11.6 Å². The number of nitrogens with zero attached hydrogens (tertiary/aromatic N) is 1. The summed E-state index contributed by atoms with van der Waals surface area (Å²) < 4.78 is 18.2. The fraction of sp³-hybridized carbons (Fsp3) is 0.333. The Labute approximate surface area is 117 Å². The van der Waals surface area contributed by atoms with Crippen LogP contribution in [0.1, 0.15) is 11.3 Å². The molecule has 3 N–H and O–H groups in total. The largest absolute Gasteiger partial charge is 0.468 e. The average molecular weight is 278 g/mol. The first-order valence-electron chi connectivity index (χ1n) is 6.54. The monoisotopic (exact) mass is 278 g/mol. The van der Waals surface area contributed by atoms with E-state index < -0.39 is 6.10 Å². The minimum Gasteiger partial charge on any atom is -0.468 e. The lowest BCUT2D eigenvalue weighted by Crippen LogP contribution is -2.35. The van der Waals surface area contributed by atoms with E-state index in [1.807, 2.05) is 17.0 Å². The van der Waals surface area contributed by atoms with E-state index in [9.17, 15) is 9.50 Å². The molecule has 1 heterocycles. The standard InChI is InChI=1S/C15H19FN2O2/c16-13-5-3-12(4-6-13)9-18(10-14(19)8-17)11-15-2-1-7-20-15/h1-7,14,19H,8-11,17H2. The maximum absolute atomic E-state index is 12.9. The molecule has 0 radical (unpaired) electrons. The summed E-state index contributed by atoms with van der Waals surface area (Å²) >= 11 is 0. The number of halogens is 1. The van der Waals surface area contributed by atoms with Crippen molar-refractivity contribution >= 4 is 0 Å². The van der Waals surface area contributed by atoms with Gasteiger partial charge in [0.2, 0.25) is 0 Å². The Bertz CT molecular complexity index is 499. The number of benzene rings is 1. The summed E-state index contributed by atoms with van der Waals surface area (Å²) in [4.78, 5) is 2.02. The maximum Gasteiger partial charge on any atom is 0.123 e. The van der Waals surface area contributed by atoms with Crippen molar-refractivity contribution in [3.8, 4) is 0 Å². The van der Waals surface area contributed by atoms with Crippen LogP contribution in [0.5, 0.6) is 0 Å². The third-order valence-corrected chi connectivity index (χ3v) is 3.02. The Morgan fingerprint density at radius 2 is 1.95 bits per heavy atom. The zero-order chi connectivity index (χ0) is 14.4. The van der Waals surface area contributed by atoms with Gasteiger partial charge in [0.05, 0.1) is 18.9 Å². The van der Waals surface area contributed by atoms with Gasteiger partial charge in [0.15, 0.2) is 0 Å². The van der Waals surface area contributed by atoms with Gasteiger partial charge in [0.25, 0.3) is 0 Å². The smallest absolute Gasteiger partial charge is 0.123 e. The SMILES string of the molecule is NCC(O)CN(Cc1ccc(F)cc1)Cc1ccco1. The summed E-state index contributed by atoms with van der Waals surface area (Å²) in [5.41, 5.74) is 6.43. The van der Waals surface area contributed by atoms with Crippen molar-refractivity contribution in [2.24, 2.45) is 5.73 Å². The highest BCUT2D eigenvalue weighted by Gasteiger charge is 2.13. The van der Waals surface area contributed by atoms with Gasteiger partial charge in [-0.1, -0.05) is 12.1 Å². The molecule has 1 aromatic heterocycles. The van der Waals surface area contributed by atoms with E-state index in [0.717, 1.165) is 11.3 Å². The summed E-state index contributed by atoms with van der Waals surface area (Å²) in [5, 5.41) is 9.72. The van der Waals surface area contributed by atoms with E-state index in [-0.39, 0.29) is 12.4 Å². The van der Waals surface area contributed by atoms with Gasteiger partial charge in [0, 0.05) is 19.6 Å². The van der Waals surface area contributed by atoms with Crippen molar-refractivity contribution in [1.29, 1.82) is 0 Å². The molecule has 5 heteroatoms. The van der Waals surface area contributed by atoms with Gasteiger partial charge < -0.3 is 15.3 Å². The second kappa shape index (κ2) is 7.19. The van der Waals surface area contributed by atoms with Crippen LogP contribution in [-0.2, 0) is 13.1 Å². The number of furan rings is 1. The molecule has 0 spiro atoms. The van der Waals surface area contributed by atoms with Crippen LogP contribution in [0.15, 0.2) is 47.1 Å². The van der Waals surface area contributed by atoms with Gasteiger partial charge in [-0.05, 0) is 29.8 Å². The van der Waals surface area contributed by atoms with E-state index in [1.165, 1.54) is 12.1 Å². The topological polar surface area (TPSA) is 62.6 Å². The van der Waals surface area contributed by atoms with Crippen molar-refractivity contribution in [1.82, 2.24) is 4.90 Å². The lowest BCUT2D eigenvalue weighted by Gasteiger charge is -2.23. The molecule has 1 aromatic carbocycles. The Hall–Kier alpha value is -1.69. The van der Waals surface area contributed by atoms with Crippen molar-refractivity contribution in [2.45, 2.75) is 19.2 Å². The fourth-order valence-electron chi connectivity index (χ4n) is 2.03. The van der Waals surface area contributed by atoms with Crippen LogP contribution in [0.25, 0.3) is 0 Å². The normalized spacial score (nSPS) is 12.8. The first-order chi connectivity index (χ1) is 9.67. The molecule has 0 aliphatic heterocycles. The van der Waals surface area contributed by atoms with Crippen LogP contribution in [0.4, 0.5) is 4.39 Å². The molecule has 108 valence electrons. The molecular weight excluding hydrogens is 259 g/mol. The first kappa shape index (κ1) is 14.7. The maximum atomic E-state index is 12.9. The summed E-state index contributed by atoms with van der Waals surface area (Å²) in [7, 11) is 0. The molecular formula is C15H19FN2O2. The number of rotatable bonds is 7. The summed E-state index contributed by atoms with van der Waals surface area (Å²) in [6, 6.07) is 10.0. The second-order valence-corrected chi connectivity index (χ2v) is 4.76. The third kappa shape index (κ3) is 4.45. The molecule has 1 unspecified atom stereocenters. The predicted molar refractivity (Wildman–Crippen MR) is 74.3 cm³/mol. The predicted octanol–water partition coefficient (Wildman–Crippen LogP) is 1.74. The average Bonchev–Trinajstić information content (AvgIpc) is 2.94. The summed E-state index contributed by atoms with van der Waals surface area (Å²) in [6.45, 7) is 1.81. The van der Waals surface area contributed by atoms with Gasteiger partial charge in [-0.15, -0.1) is 0 Å². The zero-order valence-corrected chi connectivity index (χ0v) is 11.2. The van der Waals surface area contributed by atoms with E-state index >= 15 is 0 Å². The molecule has 2 rings (SSSR count). The molecule has 4 nitrogen and oxygen atoms in total. The number of aliphatic hydroxyl groups excluding tert-OH is 1. The zero-order valence-electron chi connectivity index (χ0n) is 11.2. The van der Waals surface area contributed by atoms with E-state index in [2.05, 4.69) is 0 Å². The van der Waals surface area contributed by atoms with E-state index in [0.29, 0.717) is 19.6 Å². The minimum absolute atomic E-state index is 0.206. The minimum atomic E-state index is -0.592. The van der Waals surface area contributed by atoms with Gasteiger partial charge in [-0.2, -0.15) is 0 Å². The quantitative estimate of drug-likeness (QED) is 0.810. The molecule has 1 atom stereocenters. The van der Waals surface area contributed by atoms with Crippen LogP contribution in [0.2, 0.25) is 0 Å². The Balaban J connectivity index is 2.03. The Morgan fingerprint density at radius 3 is 2.55 bits per heavy atom. The number of aliphatic hydroxyl groups is 1.